The van der Waals surface area contributed by atoms with E-state index >= 15 is 0 Å². The first kappa shape index (κ1) is 23.0. The number of aromatic nitrogens is 2. The summed E-state index contributed by atoms with van der Waals surface area (Å²) in [5, 5.41) is 6.32. The molecule has 4 rings (SSSR count). The van der Waals surface area contributed by atoms with Crippen LogP contribution in [0.5, 0.6) is 0 Å². The van der Waals surface area contributed by atoms with Crippen molar-refractivity contribution in [3.8, 4) is 5.69 Å². The van der Waals surface area contributed by atoms with Crippen LogP contribution < -0.4 is 16.2 Å². The lowest BCUT2D eigenvalue weighted by molar-refractivity contribution is -0.119. The van der Waals surface area contributed by atoms with Crippen molar-refractivity contribution >= 4 is 34.6 Å². The number of imide groups is 1. The molecule has 3 aromatic rings. The van der Waals surface area contributed by atoms with Crippen molar-refractivity contribution in [1.29, 1.82) is 0 Å². The Bertz CT molecular complexity index is 1200. The minimum atomic E-state index is -0.436. The number of para-hydroxylation sites is 1. The molecule has 2 aromatic carbocycles. The maximum atomic E-state index is 13.3. The highest BCUT2D eigenvalue weighted by Crippen LogP contribution is 2.22. The minimum absolute atomic E-state index is 0.139. The van der Waals surface area contributed by atoms with Crippen LogP contribution in [0.2, 0.25) is 0 Å². The van der Waals surface area contributed by atoms with E-state index in [9.17, 15) is 14.4 Å². The summed E-state index contributed by atoms with van der Waals surface area (Å²) in [7, 11) is 0. The van der Waals surface area contributed by atoms with Gasteiger partial charge in [-0.2, -0.15) is 0 Å². The Morgan fingerprint density at radius 3 is 2.55 bits per heavy atom. The van der Waals surface area contributed by atoms with Gasteiger partial charge in [-0.05, 0) is 49.1 Å². The first-order chi connectivity index (χ1) is 16.0. The molecule has 0 radical (unpaired) electrons. The molecule has 0 saturated heterocycles. The fourth-order valence-electron chi connectivity index (χ4n) is 4.03. The first-order valence-corrected chi connectivity index (χ1v) is 12.4. The number of fused-ring (bicyclic) bond motifs is 1. The third kappa shape index (κ3) is 5.63. The van der Waals surface area contributed by atoms with Gasteiger partial charge in [0.05, 0.1) is 16.6 Å². The predicted molar refractivity (Wildman–Crippen MR) is 131 cm³/mol. The molecule has 1 fully saturated rings. The molecule has 1 heterocycles. The van der Waals surface area contributed by atoms with Crippen LogP contribution in [0, 0.1) is 0 Å². The van der Waals surface area contributed by atoms with E-state index in [-0.39, 0.29) is 23.9 Å². The summed E-state index contributed by atoms with van der Waals surface area (Å²) in [5.74, 6) is 0.0420. The maximum Gasteiger partial charge on any atom is 0.321 e. The maximum absolute atomic E-state index is 13.3. The van der Waals surface area contributed by atoms with E-state index in [2.05, 4.69) is 17.6 Å². The van der Waals surface area contributed by atoms with Gasteiger partial charge in [-0.15, -0.1) is 0 Å². The van der Waals surface area contributed by atoms with Gasteiger partial charge in [-0.1, -0.05) is 55.8 Å². The molecular formula is C25H28N4O3S. The van der Waals surface area contributed by atoms with Gasteiger partial charge in [0.15, 0.2) is 5.16 Å². The SMILES string of the molecule is CCc1ccc(-n2c(SCCC(=O)NC(=O)NC3CCCC3)nc3ccccc3c2=O)cc1. The predicted octanol–water partition coefficient (Wildman–Crippen LogP) is 4.20. The molecule has 0 aliphatic heterocycles. The summed E-state index contributed by atoms with van der Waals surface area (Å²) in [4.78, 5) is 42.3. The molecule has 0 unspecified atom stereocenters. The number of thioether (sulfide) groups is 1. The molecule has 1 aliphatic rings. The van der Waals surface area contributed by atoms with Crippen molar-refractivity contribution in [3.63, 3.8) is 0 Å². The summed E-state index contributed by atoms with van der Waals surface area (Å²) >= 11 is 1.33. The lowest BCUT2D eigenvalue weighted by atomic mass is 10.1. The Morgan fingerprint density at radius 2 is 1.82 bits per heavy atom. The van der Waals surface area contributed by atoms with E-state index in [1.54, 1.807) is 10.6 Å². The number of hydrogen-bond donors (Lipinski definition) is 2. The third-order valence-corrected chi connectivity index (χ3v) is 6.79. The topological polar surface area (TPSA) is 93.1 Å². The molecule has 7 nitrogen and oxygen atoms in total. The van der Waals surface area contributed by atoms with Crippen molar-refractivity contribution < 1.29 is 9.59 Å². The zero-order valence-electron chi connectivity index (χ0n) is 18.7. The van der Waals surface area contributed by atoms with Crippen LogP contribution in [-0.4, -0.2) is 33.3 Å². The fraction of sp³-hybridized carbons (Fsp3) is 0.360. The molecule has 0 spiro atoms. The average Bonchev–Trinajstić information content (AvgIpc) is 3.32. The Morgan fingerprint density at radius 1 is 1.09 bits per heavy atom. The Labute approximate surface area is 197 Å². The smallest absolute Gasteiger partial charge is 0.321 e. The number of hydrogen-bond acceptors (Lipinski definition) is 5. The summed E-state index contributed by atoms with van der Waals surface area (Å²) in [6, 6.07) is 14.8. The van der Waals surface area contributed by atoms with Gasteiger partial charge in [-0.3, -0.25) is 19.5 Å². The summed E-state index contributed by atoms with van der Waals surface area (Å²) in [6.07, 6.45) is 5.19. The first-order valence-electron chi connectivity index (χ1n) is 11.4. The summed E-state index contributed by atoms with van der Waals surface area (Å²) < 4.78 is 1.59. The number of aryl methyl sites for hydroxylation is 1. The van der Waals surface area contributed by atoms with Crippen molar-refractivity contribution in [2.45, 2.75) is 56.6 Å². The van der Waals surface area contributed by atoms with Crippen LogP contribution >= 0.6 is 11.8 Å². The van der Waals surface area contributed by atoms with E-state index in [1.165, 1.54) is 17.3 Å². The second-order valence-electron chi connectivity index (χ2n) is 8.17. The lowest BCUT2D eigenvalue weighted by Crippen LogP contribution is -2.43. The molecule has 8 heteroatoms. The van der Waals surface area contributed by atoms with Crippen molar-refractivity contribution in [1.82, 2.24) is 20.2 Å². The van der Waals surface area contributed by atoms with Crippen LogP contribution in [0.4, 0.5) is 4.79 Å². The molecule has 2 N–H and O–H groups in total. The number of carbonyl (C=O) groups is 2. The van der Waals surface area contributed by atoms with Crippen LogP contribution in [0.15, 0.2) is 58.5 Å². The highest BCUT2D eigenvalue weighted by atomic mass is 32.2. The quantitative estimate of drug-likeness (QED) is 0.404. The number of urea groups is 1. The van der Waals surface area contributed by atoms with Gasteiger partial charge in [-0.25, -0.2) is 9.78 Å². The zero-order valence-corrected chi connectivity index (χ0v) is 19.5. The van der Waals surface area contributed by atoms with Crippen molar-refractivity contribution in [2.24, 2.45) is 0 Å². The van der Waals surface area contributed by atoms with E-state index in [4.69, 9.17) is 4.98 Å². The summed E-state index contributed by atoms with van der Waals surface area (Å²) in [5.41, 5.74) is 2.39. The number of amides is 3. The Kier molecular flexibility index (Phi) is 7.44. The zero-order chi connectivity index (χ0) is 23.2. The normalized spacial score (nSPS) is 13.8. The molecule has 33 heavy (non-hydrogen) atoms. The van der Waals surface area contributed by atoms with Crippen LogP contribution in [-0.2, 0) is 11.2 Å². The molecule has 0 atom stereocenters. The number of nitrogens with one attached hydrogen (secondary N) is 2. The van der Waals surface area contributed by atoms with E-state index in [0.717, 1.165) is 37.8 Å². The van der Waals surface area contributed by atoms with Gasteiger partial charge in [0, 0.05) is 18.2 Å². The van der Waals surface area contributed by atoms with Gasteiger partial charge in [0.2, 0.25) is 5.91 Å². The van der Waals surface area contributed by atoms with Crippen molar-refractivity contribution in [2.75, 3.05) is 5.75 Å². The lowest BCUT2D eigenvalue weighted by Gasteiger charge is -2.14. The number of nitrogens with zero attached hydrogens (tertiary/aromatic N) is 2. The molecule has 172 valence electrons. The van der Waals surface area contributed by atoms with E-state index in [1.807, 2.05) is 42.5 Å². The largest absolute Gasteiger partial charge is 0.335 e. The van der Waals surface area contributed by atoms with E-state index < -0.39 is 6.03 Å². The monoisotopic (exact) mass is 464 g/mol. The molecule has 1 aliphatic carbocycles. The van der Waals surface area contributed by atoms with Crippen LogP contribution in [0.3, 0.4) is 0 Å². The van der Waals surface area contributed by atoms with E-state index in [0.29, 0.717) is 21.8 Å². The number of benzene rings is 2. The fourth-order valence-corrected chi connectivity index (χ4v) is 4.98. The number of rotatable bonds is 7. The van der Waals surface area contributed by atoms with Crippen LogP contribution in [0.25, 0.3) is 16.6 Å². The third-order valence-electron chi connectivity index (χ3n) is 5.85. The molecular weight excluding hydrogens is 436 g/mol. The second kappa shape index (κ2) is 10.7. The number of carbonyl (C=O) groups excluding carboxylic acids is 2. The van der Waals surface area contributed by atoms with Gasteiger partial charge in [0.25, 0.3) is 5.56 Å². The molecule has 3 amide bonds. The Balaban J connectivity index is 1.48. The Hall–Kier alpha value is -3.13. The molecule has 1 aromatic heterocycles. The standard InChI is InChI=1S/C25H28N4O3S/c1-2-17-11-13-19(14-12-17)29-23(31)20-9-5-6-10-21(20)27-25(29)33-16-15-22(30)28-24(32)26-18-7-3-4-8-18/h5-6,9-14,18H,2-4,7-8,15-16H2,1H3,(H2,26,28,30,32). The molecule has 1 saturated carbocycles. The highest BCUT2D eigenvalue weighted by Gasteiger charge is 2.18. The highest BCUT2D eigenvalue weighted by molar-refractivity contribution is 7.99. The van der Waals surface area contributed by atoms with Gasteiger partial charge >= 0.3 is 6.03 Å². The minimum Gasteiger partial charge on any atom is -0.335 e. The van der Waals surface area contributed by atoms with Crippen LogP contribution in [0.1, 0.15) is 44.6 Å². The van der Waals surface area contributed by atoms with Gasteiger partial charge in [0.1, 0.15) is 0 Å². The molecule has 0 bridgehead atoms. The van der Waals surface area contributed by atoms with Gasteiger partial charge < -0.3 is 5.32 Å². The second-order valence-corrected chi connectivity index (χ2v) is 9.24. The van der Waals surface area contributed by atoms with Crippen molar-refractivity contribution in [3.05, 3.63) is 64.4 Å². The summed E-state index contributed by atoms with van der Waals surface area (Å²) in [6.45, 7) is 2.08. The average molecular weight is 465 g/mol.